The normalized spacial score (nSPS) is 11.7. The van der Waals surface area contributed by atoms with E-state index in [1.165, 1.54) is 23.1 Å². The molecule has 0 aliphatic carbocycles. The van der Waals surface area contributed by atoms with Gasteiger partial charge in [0, 0.05) is 17.1 Å². The quantitative estimate of drug-likeness (QED) is 0.739. The van der Waals surface area contributed by atoms with E-state index in [9.17, 15) is 9.59 Å². The van der Waals surface area contributed by atoms with Crippen molar-refractivity contribution in [3.05, 3.63) is 69.7 Å². The van der Waals surface area contributed by atoms with Gasteiger partial charge in [0.05, 0.1) is 11.6 Å². The van der Waals surface area contributed by atoms with Crippen molar-refractivity contribution >= 4 is 35.1 Å². The van der Waals surface area contributed by atoms with Gasteiger partial charge in [-0.1, -0.05) is 53.5 Å². The molecular formula is C18H17Cl2NO3. The van der Waals surface area contributed by atoms with Gasteiger partial charge in [-0.3, -0.25) is 4.79 Å². The summed E-state index contributed by atoms with van der Waals surface area (Å²) in [5.41, 5.74) is 1.21. The molecule has 2 aromatic carbocycles. The van der Waals surface area contributed by atoms with Crippen LogP contribution in [0.3, 0.4) is 0 Å². The first-order chi connectivity index (χ1) is 11.4. The Morgan fingerprint density at radius 2 is 1.67 bits per heavy atom. The summed E-state index contributed by atoms with van der Waals surface area (Å²) in [7, 11) is 1.67. The summed E-state index contributed by atoms with van der Waals surface area (Å²) >= 11 is 11.7. The van der Waals surface area contributed by atoms with Gasteiger partial charge in [0.25, 0.3) is 5.91 Å². The number of hydrogen-bond donors (Lipinski definition) is 0. The van der Waals surface area contributed by atoms with Crippen molar-refractivity contribution in [1.82, 2.24) is 4.90 Å². The molecule has 6 heteroatoms. The molecule has 24 heavy (non-hydrogen) atoms. The maximum Gasteiger partial charge on any atom is 0.338 e. The Balaban J connectivity index is 1.95. The lowest BCUT2D eigenvalue weighted by atomic mass is 10.1. The van der Waals surface area contributed by atoms with Crippen LogP contribution in [0.25, 0.3) is 0 Å². The highest BCUT2D eigenvalue weighted by Gasteiger charge is 2.19. The fourth-order valence-corrected chi connectivity index (χ4v) is 2.68. The minimum atomic E-state index is -0.645. The van der Waals surface area contributed by atoms with Crippen LogP contribution in [0.4, 0.5) is 0 Å². The summed E-state index contributed by atoms with van der Waals surface area (Å²) in [6.45, 7) is 1.56. The predicted molar refractivity (Wildman–Crippen MR) is 94.4 cm³/mol. The Hall–Kier alpha value is -2.04. The van der Waals surface area contributed by atoms with Crippen LogP contribution in [0.1, 0.15) is 28.9 Å². The largest absolute Gasteiger partial charge is 0.452 e. The Kier molecular flexibility index (Phi) is 6.23. The number of nitrogens with zero attached hydrogens (tertiary/aromatic N) is 1. The van der Waals surface area contributed by atoms with Crippen LogP contribution >= 0.6 is 23.2 Å². The number of likely N-dealkylation sites (N-methyl/N-ethyl adjacent to an activating group) is 1. The van der Waals surface area contributed by atoms with Gasteiger partial charge in [-0.2, -0.15) is 0 Å². The van der Waals surface area contributed by atoms with Crippen molar-refractivity contribution in [2.45, 2.75) is 13.0 Å². The van der Waals surface area contributed by atoms with Gasteiger partial charge in [-0.05, 0) is 30.7 Å². The molecule has 4 nitrogen and oxygen atoms in total. The van der Waals surface area contributed by atoms with Crippen LogP contribution < -0.4 is 0 Å². The summed E-state index contributed by atoms with van der Waals surface area (Å²) in [6.07, 6.45) is 0. The smallest absolute Gasteiger partial charge is 0.338 e. The van der Waals surface area contributed by atoms with Gasteiger partial charge < -0.3 is 9.64 Å². The average Bonchev–Trinajstić information content (AvgIpc) is 2.57. The zero-order valence-corrected chi connectivity index (χ0v) is 14.8. The highest BCUT2D eigenvalue weighted by molar-refractivity contribution is 6.35. The number of esters is 1. The lowest BCUT2D eigenvalue weighted by molar-refractivity contribution is -0.135. The molecule has 0 aromatic heterocycles. The molecule has 0 aliphatic heterocycles. The molecular weight excluding hydrogens is 349 g/mol. The van der Waals surface area contributed by atoms with Gasteiger partial charge in [0.15, 0.2) is 6.61 Å². The number of carbonyl (C=O) groups excluding carboxylic acids is 2. The second kappa shape index (κ2) is 8.18. The van der Waals surface area contributed by atoms with E-state index in [0.717, 1.165) is 5.56 Å². The monoisotopic (exact) mass is 365 g/mol. The van der Waals surface area contributed by atoms with Crippen LogP contribution in [0.5, 0.6) is 0 Å². The summed E-state index contributed by atoms with van der Waals surface area (Å²) < 4.78 is 5.06. The zero-order valence-electron chi connectivity index (χ0n) is 13.3. The third-order valence-corrected chi connectivity index (χ3v) is 4.12. The van der Waals surface area contributed by atoms with Crippen LogP contribution in [-0.4, -0.2) is 30.4 Å². The molecule has 0 heterocycles. The molecule has 0 spiro atoms. The van der Waals surface area contributed by atoms with Crippen molar-refractivity contribution in [2.75, 3.05) is 13.7 Å². The Morgan fingerprint density at radius 1 is 1.08 bits per heavy atom. The topological polar surface area (TPSA) is 46.6 Å². The van der Waals surface area contributed by atoms with E-state index in [1.54, 1.807) is 7.05 Å². The standard InChI is InChI=1S/C18H17Cl2NO3/c1-12(13-6-4-3-5-7-13)21(2)17(22)11-24-18(23)14-8-15(19)10-16(20)9-14/h3-10,12H,11H2,1-2H3. The molecule has 126 valence electrons. The van der Waals surface area contributed by atoms with Crippen LogP contribution in [0.2, 0.25) is 10.0 Å². The molecule has 0 radical (unpaired) electrons. The van der Waals surface area contributed by atoms with Gasteiger partial charge >= 0.3 is 5.97 Å². The van der Waals surface area contributed by atoms with E-state index >= 15 is 0 Å². The lowest BCUT2D eigenvalue weighted by Crippen LogP contribution is -2.33. The molecule has 2 aromatic rings. The highest BCUT2D eigenvalue weighted by Crippen LogP contribution is 2.20. The third kappa shape index (κ3) is 4.73. The number of benzene rings is 2. The van der Waals surface area contributed by atoms with Gasteiger partial charge in [-0.25, -0.2) is 4.79 Å². The van der Waals surface area contributed by atoms with E-state index in [1.807, 2.05) is 37.3 Å². The maximum atomic E-state index is 12.2. The Bertz CT molecular complexity index is 714. The average molecular weight is 366 g/mol. The van der Waals surface area contributed by atoms with Crippen LogP contribution in [-0.2, 0) is 9.53 Å². The van der Waals surface area contributed by atoms with Gasteiger partial charge in [0.1, 0.15) is 0 Å². The molecule has 1 unspecified atom stereocenters. The minimum absolute atomic E-state index is 0.127. The molecule has 1 amide bonds. The fourth-order valence-electron chi connectivity index (χ4n) is 2.16. The van der Waals surface area contributed by atoms with Crippen molar-refractivity contribution in [2.24, 2.45) is 0 Å². The SMILES string of the molecule is CC(c1ccccc1)N(C)C(=O)COC(=O)c1cc(Cl)cc(Cl)c1. The number of carbonyl (C=O) groups is 2. The van der Waals surface area contributed by atoms with Gasteiger partial charge in [0.2, 0.25) is 0 Å². The first kappa shape index (κ1) is 18.3. The zero-order chi connectivity index (χ0) is 17.7. The highest BCUT2D eigenvalue weighted by atomic mass is 35.5. The van der Waals surface area contributed by atoms with E-state index in [4.69, 9.17) is 27.9 Å². The molecule has 0 saturated heterocycles. The van der Waals surface area contributed by atoms with Crippen molar-refractivity contribution in [3.63, 3.8) is 0 Å². The summed E-state index contributed by atoms with van der Waals surface area (Å²) in [6, 6.07) is 13.9. The molecule has 0 fully saturated rings. The fraction of sp³-hybridized carbons (Fsp3) is 0.222. The lowest BCUT2D eigenvalue weighted by Gasteiger charge is -2.25. The summed E-state index contributed by atoms with van der Waals surface area (Å²) in [4.78, 5) is 25.8. The van der Waals surface area contributed by atoms with Crippen molar-refractivity contribution < 1.29 is 14.3 Å². The summed E-state index contributed by atoms with van der Waals surface area (Å²) in [5, 5.41) is 0.659. The Morgan fingerprint density at radius 3 is 2.25 bits per heavy atom. The minimum Gasteiger partial charge on any atom is -0.452 e. The third-order valence-electron chi connectivity index (χ3n) is 3.68. The van der Waals surface area contributed by atoms with E-state index in [2.05, 4.69) is 0 Å². The van der Waals surface area contributed by atoms with Crippen LogP contribution in [0.15, 0.2) is 48.5 Å². The van der Waals surface area contributed by atoms with Crippen LogP contribution in [0, 0.1) is 0 Å². The maximum absolute atomic E-state index is 12.2. The van der Waals surface area contributed by atoms with E-state index < -0.39 is 5.97 Å². The molecule has 2 rings (SSSR count). The van der Waals surface area contributed by atoms with Gasteiger partial charge in [-0.15, -0.1) is 0 Å². The molecule has 0 bridgehead atoms. The first-order valence-corrected chi connectivity index (χ1v) is 8.08. The van der Waals surface area contributed by atoms with Crippen molar-refractivity contribution in [3.8, 4) is 0 Å². The first-order valence-electron chi connectivity index (χ1n) is 7.32. The van der Waals surface area contributed by atoms with E-state index in [-0.39, 0.29) is 24.1 Å². The number of amides is 1. The molecule has 0 saturated carbocycles. The number of rotatable bonds is 5. The number of halogens is 2. The molecule has 0 aliphatic rings. The van der Waals surface area contributed by atoms with Crippen molar-refractivity contribution in [1.29, 1.82) is 0 Å². The molecule has 1 atom stereocenters. The number of ether oxygens (including phenoxy) is 1. The second-order valence-electron chi connectivity index (χ2n) is 5.33. The summed E-state index contributed by atoms with van der Waals surface area (Å²) in [5.74, 6) is -0.943. The van der Waals surface area contributed by atoms with E-state index in [0.29, 0.717) is 10.0 Å². The molecule has 0 N–H and O–H groups in total. The second-order valence-corrected chi connectivity index (χ2v) is 6.20. The predicted octanol–water partition coefficient (Wildman–Crippen LogP) is 4.37. The Labute approximate surface area is 150 Å². The number of hydrogen-bond acceptors (Lipinski definition) is 3.